The summed E-state index contributed by atoms with van der Waals surface area (Å²) in [5, 5.41) is 8.64. The fourth-order valence-electron chi connectivity index (χ4n) is 3.94. The average Bonchev–Trinajstić information content (AvgIpc) is 3.45. The van der Waals surface area contributed by atoms with E-state index in [1.807, 2.05) is 12.1 Å². The van der Waals surface area contributed by atoms with Crippen LogP contribution in [0.15, 0.2) is 70.3 Å². The van der Waals surface area contributed by atoms with Crippen molar-refractivity contribution in [3.05, 3.63) is 92.3 Å². The van der Waals surface area contributed by atoms with Crippen molar-refractivity contribution in [3.8, 4) is 5.75 Å². The largest absolute Gasteiger partial charge is 0.488 e. The molecule has 2 aliphatic rings. The number of nitrogens with one attached hydrogen (secondary N) is 1. The molecule has 0 saturated heterocycles. The van der Waals surface area contributed by atoms with Gasteiger partial charge in [0, 0.05) is 21.7 Å². The van der Waals surface area contributed by atoms with Crippen LogP contribution in [0.5, 0.6) is 5.75 Å². The highest BCUT2D eigenvalue weighted by Gasteiger charge is 2.32. The Morgan fingerprint density at radius 1 is 1.15 bits per heavy atom. The molecule has 0 saturated carbocycles. The first-order valence-electron chi connectivity index (χ1n) is 10.7. The van der Waals surface area contributed by atoms with E-state index in [0.29, 0.717) is 21.9 Å². The first kappa shape index (κ1) is 23.3. The Labute approximate surface area is 201 Å². The van der Waals surface area contributed by atoms with Crippen molar-refractivity contribution in [1.82, 2.24) is 0 Å². The number of carbonyl (C=O) groups excluding carboxylic acids is 1. The lowest BCUT2D eigenvalue weighted by Crippen LogP contribution is -2.16. The van der Waals surface area contributed by atoms with Gasteiger partial charge in [0.25, 0.3) is 0 Å². The highest BCUT2D eigenvalue weighted by molar-refractivity contribution is 6.58. The van der Waals surface area contributed by atoms with E-state index in [0.717, 1.165) is 41.5 Å². The summed E-state index contributed by atoms with van der Waals surface area (Å²) in [5.41, 5.74) is 4.76. The summed E-state index contributed by atoms with van der Waals surface area (Å²) in [7, 11) is 0. The quantitative estimate of drug-likeness (QED) is 0.323. The minimum absolute atomic E-state index is 0.0873. The van der Waals surface area contributed by atoms with Gasteiger partial charge < -0.3 is 9.47 Å². The Bertz CT molecular complexity index is 1230. The maximum atomic E-state index is 14.0. The van der Waals surface area contributed by atoms with Gasteiger partial charge in [-0.25, -0.2) is 9.18 Å². The number of benzene rings is 2. The third kappa shape index (κ3) is 5.05. The van der Waals surface area contributed by atoms with Gasteiger partial charge in [-0.1, -0.05) is 41.4 Å². The molecule has 0 fully saturated rings. The molecule has 0 spiro atoms. The molecule has 170 valence electrons. The standard InChI is InChI=1S/C26H22Cl2FNO3/c1-2-32-26(31)25(30)24(28)21-13-19(21)17-7-5-8-18(17)20-12-16(27)10-11-23(20)33-14-15-6-3-4-9-22(15)29/h3-4,6,9-13,30H,2,5,7-8,14H2,1H3/b24-21+,30-25?. The monoisotopic (exact) mass is 485 g/mol. The van der Waals surface area contributed by atoms with E-state index in [4.69, 9.17) is 38.1 Å². The summed E-state index contributed by atoms with van der Waals surface area (Å²) in [5.74, 6) is -0.437. The summed E-state index contributed by atoms with van der Waals surface area (Å²) in [6.07, 6.45) is 4.48. The van der Waals surface area contributed by atoms with Crippen LogP contribution in [0.2, 0.25) is 5.02 Å². The summed E-state index contributed by atoms with van der Waals surface area (Å²) in [6, 6.07) is 11.9. The van der Waals surface area contributed by atoms with Gasteiger partial charge in [0.15, 0.2) is 5.71 Å². The fourth-order valence-corrected chi connectivity index (χ4v) is 4.35. The van der Waals surface area contributed by atoms with Gasteiger partial charge >= 0.3 is 5.97 Å². The molecule has 0 heterocycles. The Hall–Kier alpha value is -2.89. The number of allylic oxidation sites excluding steroid dienone is 5. The van der Waals surface area contributed by atoms with Gasteiger partial charge in [0.2, 0.25) is 0 Å². The number of rotatable bonds is 8. The van der Waals surface area contributed by atoms with Crippen LogP contribution in [0.25, 0.3) is 5.57 Å². The Kier molecular flexibility index (Phi) is 7.01. The van der Waals surface area contributed by atoms with Gasteiger partial charge in [-0.3, -0.25) is 5.41 Å². The molecule has 4 nitrogen and oxygen atoms in total. The molecule has 0 aromatic heterocycles. The first-order chi connectivity index (χ1) is 15.9. The van der Waals surface area contributed by atoms with Crippen LogP contribution < -0.4 is 4.74 Å². The summed E-state index contributed by atoms with van der Waals surface area (Å²) < 4.78 is 24.9. The van der Waals surface area contributed by atoms with Crippen molar-refractivity contribution in [2.24, 2.45) is 0 Å². The molecule has 0 radical (unpaired) electrons. The lowest BCUT2D eigenvalue weighted by atomic mass is 9.99. The molecule has 2 aromatic rings. The number of ether oxygens (including phenoxy) is 2. The summed E-state index contributed by atoms with van der Waals surface area (Å²) >= 11 is 12.6. The van der Waals surface area contributed by atoms with E-state index in [1.165, 1.54) is 6.07 Å². The topological polar surface area (TPSA) is 59.4 Å². The third-order valence-corrected chi connectivity index (χ3v) is 6.21. The molecular formula is C26H22Cl2FNO3. The average molecular weight is 486 g/mol. The zero-order valence-corrected chi connectivity index (χ0v) is 19.5. The molecule has 1 N–H and O–H groups in total. The van der Waals surface area contributed by atoms with Crippen LogP contribution in [0.3, 0.4) is 0 Å². The zero-order chi connectivity index (χ0) is 23.5. The minimum Gasteiger partial charge on any atom is -0.488 e. The van der Waals surface area contributed by atoms with Crippen LogP contribution in [0.4, 0.5) is 4.39 Å². The molecule has 0 amide bonds. The van der Waals surface area contributed by atoms with Crippen LogP contribution in [0.1, 0.15) is 37.3 Å². The molecule has 2 aromatic carbocycles. The number of esters is 1. The van der Waals surface area contributed by atoms with E-state index in [-0.39, 0.29) is 29.8 Å². The van der Waals surface area contributed by atoms with Crippen molar-refractivity contribution in [1.29, 1.82) is 5.41 Å². The normalized spacial score (nSPS) is 16.4. The maximum Gasteiger partial charge on any atom is 0.357 e. The van der Waals surface area contributed by atoms with Gasteiger partial charge in [0.05, 0.1) is 11.6 Å². The highest BCUT2D eigenvalue weighted by Crippen LogP contribution is 2.49. The second-order valence-corrected chi connectivity index (χ2v) is 8.53. The fraction of sp³-hybridized carbons (Fsp3) is 0.231. The molecular weight excluding hydrogens is 464 g/mol. The molecule has 0 bridgehead atoms. The van der Waals surface area contributed by atoms with Crippen molar-refractivity contribution >= 4 is 40.5 Å². The summed E-state index contributed by atoms with van der Waals surface area (Å²) in [6.45, 7) is 1.96. The molecule has 33 heavy (non-hydrogen) atoms. The van der Waals surface area contributed by atoms with Crippen molar-refractivity contribution in [3.63, 3.8) is 0 Å². The molecule has 2 aliphatic carbocycles. The lowest BCUT2D eigenvalue weighted by Gasteiger charge is -2.15. The Morgan fingerprint density at radius 3 is 2.67 bits per heavy atom. The Morgan fingerprint density at radius 2 is 1.91 bits per heavy atom. The Balaban J connectivity index is 1.62. The van der Waals surface area contributed by atoms with Crippen molar-refractivity contribution in [2.75, 3.05) is 6.61 Å². The third-order valence-electron chi connectivity index (χ3n) is 5.58. The zero-order valence-electron chi connectivity index (χ0n) is 18.0. The summed E-state index contributed by atoms with van der Waals surface area (Å²) in [4.78, 5) is 11.9. The van der Waals surface area contributed by atoms with Crippen LogP contribution in [-0.2, 0) is 16.1 Å². The van der Waals surface area contributed by atoms with E-state index in [1.54, 1.807) is 37.3 Å². The maximum absolute atomic E-state index is 14.0. The first-order valence-corrected chi connectivity index (χ1v) is 11.4. The second kappa shape index (κ2) is 9.94. The smallest absolute Gasteiger partial charge is 0.357 e. The van der Waals surface area contributed by atoms with Crippen LogP contribution in [-0.4, -0.2) is 18.3 Å². The molecule has 4 rings (SSSR count). The number of hydrogen-bond donors (Lipinski definition) is 1. The lowest BCUT2D eigenvalue weighted by molar-refractivity contribution is -0.135. The SMILES string of the molecule is CCOC(=O)C(=N)/C(Cl)=C1C=C/1C1=C(c2cc(Cl)ccc2OCc2ccccc2F)CCC1. The molecule has 7 heteroatoms. The number of hydrogen-bond acceptors (Lipinski definition) is 4. The number of carbonyl (C=O) groups is 1. The predicted octanol–water partition coefficient (Wildman–Crippen LogP) is 7.01. The van der Waals surface area contributed by atoms with Gasteiger partial charge in [-0.2, -0.15) is 0 Å². The van der Waals surface area contributed by atoms with E-state index >= 15 is 0 Å². The second-order valence-electron chi connectivity index (χ2n) is 7.71. The van der Waals surface area contributed by atoms with Gasteiger partial charge in [-0.05, 0) is 73.2 Å². The highest BCUT2D eigenvalue weighted by atomic mass is 35.5. The van der Waals surface area contributed by atoms with Crippen molar-refractivity contribution < 1.29 is 18.7 Å². The van der Waals surface area contributed by atoms with E-state index in [2.05, 4.69) is 0 Å². The van der Waals surface area contributed by atoms with E-state index < -0.39 is 5.97 Å². The van der Waals surface area contributed by atoms with Gasteiger partial charge in [0.1, 0.15) is 18.2 Å². The van der Waals surface area contributed by atoms with Crippen LogP contribution in [0, 0.1) is 11.2 Å². The predicted molar refractivity (Wildman–Crippen MR) is 128 cm³/mol. The van der Waals surface area contributed by atoms with Crippen LogP contribution >= 0.6 is 23.2 Å². The van der Waals surface area contributed by atoms with Crippen molar-refractivity contribution in [2.45, 2.75) is 32.8 Å². The molecule has 0 aliphatic heterocycles. The number of halogens is 3. The van der Waals surface area contributed by atoms with E-state index in [9.17, 15) is 9.18 Å². The van der Waals surface area contributed by atoms with Gasteiger partial charge in [-0.15, -0.1) is 0 Å². The minimum atomic E-state index is -0.742. The molecule has 0 atom stereocenters. The molecule has 0 unspecified atom stereocenters.